The molecule has 1 atom stereocenters. The zero-order chi connectivity index (χ0) is 13.8. The Balaban J connectivity index is 1.97. The highest BCUT2D eigenvalue weighted by atomic mass is 32.2. The average Bonchev–Trinajstić information content (AvgIpc) is 2.55. The summed E-state index contributed by atoms with van der Waals surface area (Å²) < 4.78 is 0. The summed E-state index contributed by atoms with van der Waals surface area (Å²) >= 11 is 1.82. The van der Waals surface area contributed by atoms with Gasteiger partial charge in [-0.1, -0.05) is 42.5 Å². The number of nitrogens with one attached hydrogen (secondary N) is 1. The van der Waals surface area contributed by atoms with Gasteiger partial charge in [-0.05, 0) is 24.0 Å². The number of hydrogen-bond donors (Lipinski definition) is 1. The fourth-order valence-corrected chi connectivity index (χ4v) is 3.44. The van der Waals surface area contributed by atoms with Gasteiger partial charge in [-0.15, -0.1) is 11.8 Å². The molecule has 0 amide bonds. The Morgan fingerprint density at radius 2 is 1.80 bits per heavy atom. The molecule has 3 rings (SSSR count). The standard InChI is InChI=1S/C17H20N2S/c1-20-17-10-6-5-9-15(17)19-12-11-18-13-16(19)14-7-3-2-4-8-14/h2-10,16,18H,11-13H2,1H3. The first-order valence-electron chi connectivity index (χ1n) is 7.05. The molecular formula is C17H20N2S. The van der Waals surface area contributed by atoms with Crippen LogP contribution in [0, 0.1) is 0 Å². The molecule has 0 aromatic heterocycles. The van der Waals surface area contributed by atoms with Gasteiger partial charge in [-0.25, -0.2) is 0 Å². The summed E-state index contributed by atoms with van der Waals surface area (Å²) in [6, 6.07) is 19.9. The Morgan fingerprint density at radius 1 is 1.05 bits per heavy atom. The van der Waals surface area contributed by atoms with Gasteiger partial charge in [0, 0.05) is 24.5 Å². The minimum absolute atomic E-state index is 0.415. The van der Waals surface area contributed by atoms with E-state index < -0.39 is 0 Å². The molecule has 1 aliphatic heterocycles. The number of anilines is 1. The molecule has 1 heterocycles. The second kappa shape index (κ2) is 6.33. The molecule has 0 saturated carbocycles. The maximum Gasteiger partial charge on any atom is 0.0667 e. The quantitative estimate of drug-likeness (QED) is 0.868. The molecule has 0 radical (unpaired) electrons. The first kappa shape index (κ1) is 13.5. The lowest BCUT2D eigenvalue weighted by Crippen LogP contribution is -2.46. The van der Waals surface area contributed by atoms with Crippen LogP contribution in [0.25, 0.3) is 0 Å². The predicted octanol–water partition coefficient (Wildman–Crippen LogP) is 3.56. The van der Waals surface area contributed by atoms with Crippen LogP contribution in [0.3, 0.4) is 0 Å². The molecule has 2 aromatic rings. The number of rotatable bonds is 3. The van der Waals surface area contributed by atoms with Crippen LogP contribution >= 0.6 is 11.8 Å². The number of para-hydroxylation sites is 1. The molecule has 20 heavy (non-hydrogen) atoms. The molecule has 1 fully saturated rings. The molecule has 2 aromatic carbocycles. The van der Waals surface area contributed by atoms with E-state index in [1.807, 2.05) is 11.8 Å². The number of nitrogens with zero attached hydrogens (tertiary/aromatic N) is 1. The summed E-state index contributed by atoms with van der Waals surface area (Å²) in [7, 11) is 0. The highest BCUT2D eigenvalue weighted by Crippen LogP contribution is 2.34. The van der Waals surface area contributed by atoms with Crippen molar-refractivity contribution in [1.82, 2.24) is 5.32 Å². The van der Waals surface area contributed by atoms with E-state index in [2.05, 4.69) is 71.1 Å². The molecule has 104 valence electrons. The minimum Gasteiger partial charge on any atom is -0.361 e. The Hall–Kier alpha value is -1.45. The molecule has 1 unspecified atom stereocenters. The lowest BCUT2D eigenvalue weighted by Gasteiger charge is -2.39. The zero-order valence-corrected chi connectivity index (χ0v) is 12.6. The molecule has 0 aliphatic carbocycles. The van der Waals surface area contributed by atoms with Gasteiger partial charge >= 0.3 is 0 Å². The summed E-state index contributed by atoms with van der Waals surface area (Å²) in [6.07, 6.45) is 2.15. The average molecular weight is 284 g/mol. The van der Waals surface area contributed by atoms with Crippen molar-refractivity contribution < 1.29 is 0 Å². The number of piperazine rings is 1. The Bertz CT molecular complexity index is 556. The van der Waals surface area contributed by atoms with E-state index in [4.69, 9.17) is 0 Å². The zero-order valence-electron chi connectivity index (χ0n) is 11.8. The Morgan fingerprint density at radius 3 is 2.60 bits per heavy atom. The van der Waals surface area contributed by atoms with Crippen LogP contribution in [0.4, 0.5) is 5.69 Å². The van der Waals surface area contributed by atoms with Gasteiger partial charge in [0.25, 0.3) is 0 Å². The lowest BCUT2D eigenvalue weighted by molar-refractivity contribution is 0.488. The second-order valence-electron chi connectivity index (χ2n) is 5.00. The van der Waals surface area contributed by atoms with Crippen molar-refractivity contribution in [2.45, 2.75) is 10.9 Å². The molecule has 1 N–H and O–H groups in total. The van der Waals surface area contributed by atoms with E-state index in [0.717, 1.165) is 19.6 Å². The van der Waals surface area contributed by atoms with Crippen LogP contribution in [0.15, 0.2) is 59.5 Å². The number of thioether (sulfide) groups is 1. The van der Waals surface area contributed by atoms with Crippen LogP contribution in [-0.4, -0.2) is 25.9 Å². The SMILES string of the molecule is CSc1ccccc1N1CCNCC1c1ccccc1. The maximum atomic E-state index is 3.52. The van der Waals surface area contributed by atoms with Gasteiger partial charge in [-0.3, -0.25) is 0 Å². The van der Waals surface area contributed by atoms with Crippen molar-refractivity contribution in [3.63, 3.8) is 0 Å². The van der Waals surface area contributed by atoms with E-state index in [-0.39, 0.29) is 0 Å². The van der Waals surface area contributed by atoms with E-state index in [1.165, 1.54) is 16.1 Å². The summed E-state index contributed by atoms with van der Waals surface area (Å²) in [6.45, 7) is 3.11. The minimum atomic E-state index is 0.415. The van der Waals surface area contributed by atoms with E-state index in [9.17, 15) is 0 Å². The van der Waals surface area contributed by atoms with Gasteiger partial charge in [0.2, 0.25) is 0 Å². The molecule has 0 bridgehead atoms. The topological polar surface area (TPSA) is 15.3 Å². The predicted molar refractivity (Wildman–Crippen MR) is 87.6 cm³/mol. The summed E-state index contributed by atoms with van der Waals surface area (Å²) in [5.41, 5.74) is 2.74. The van der Waals surface area contributed by atoms with Crippen molar-refractivity contribution in [3.05, 3.63) is 60.2 Å². The van der Waals surface area contributed by atoms with Gasteiger partial charge in [0.05, 0.1) is 11.7 Å². The van der Waals surface area contributed by atoms with Crippen molar-refractivity contribution in [2.24, 2.45) is 0 Å². The Labute approximate surface area is 125 Å². The fourth-order valence-electron chi connectivity index (χ4n) is 2.83. The molecule has 2 nitrogen and oxygen atoms in total. The normalized spacial score (nSPS) is 19.1. The van der Waals surface area contributed by atoms with Crippen molar-refractivity contribution in [3.8, 4) is 0 Å². The van der Waals surface area contributed by atoms with E-state index in [1.54, 1.807) is 0 Å². The van der Waals surface area contributed by atoms with Crippen LogP contribution in [-0.2, 0) is 0 Å². The fraction of sp³-hybridized carbons (Fsp3) is 0.294. The molecule has 1 saturated heterocycles. The van der Waals surface area contributed by atoms with Gasteiger partial charge in [0.15, 0.2) is 0 Å². The summed E-state index contributed by atoms with van der Waals surface area (Å²) in [4.78, 5) is 3.90. The van der Waals surface area contributed by atoms with Gasteiger partial charge in [-0.2, -0.15) is 0 Å². The third kappa shape index (κ3) is 2.69. The van der Waals surface area contributed by atoms with Gasteiger partial charge in [0.1, 0.15) is 0 Å². The van der Waals surface area contributed by atoms with Crippen molar-refractivity contribution in [2.75, 3.05) is 30.8 Å². The van der Waals surface area contributed by atoms with Gasteiger partial charge < -0.3 is 10.2 Å². The Kier molecular flexibility index (Phi) is 4.28. The van der Waals surface area contributed by atoms with Crippen LogP contribution < -0.4 is 10.2 Å². The lowest BCUT2D eigenvalue weighted by atomic mass is 10.0. The molecular weight excluding hydrogens is 264 g/mol. The summed E-state index contributed by atoms with van der Waals surface area (Å²) in [5, 5.41) is 3.52. The third-order valence-electron chi connectivity index (χ3n) is 3.82. The van der Waals surface area contributed by atoms with Crippen molar-refractivity contribution in [1.29, 1.82) is 0 Å². The molecule has 1 aliphatic rings. The number of hydrogen-bond acceptors (Lipinski definition) is 3. The van der Waals surface area contributed by atoms with E-state index in [0.29, 0.717) is 6.04 Å². The van der Waals surface area contributed by atoms with Crippen LogP contribution in [0.5, 0.6) is 0 Å². The molecule has 3 heteroatoms. The van der Waals surface area contributed by atoms with Crippen LogP contribution in [0.1, 0.15) is 11.6 Å². The monoisotopic (exact) mass is 284 g/mol. The molecule has 0 spiro atoms. The van der Waals surface area contributed by atoms with Crippen LogP contribution in [0.2, 0.25) is 0 Å². The third-order valence-corrected chi connectivity index (χ3v) is 4.61. The number of benzene rings is 2. The summed E-state index contributed by atoms with van der Waals surface area (Å²) in [5.74, 6) is 0. The smallest absolute Gasteiger partial charge is 0.0667 e. The second-order valence-corrected chi connectivity index (χ2v) is 5.84. The largest absolute Gasteiger partial charge is 0.361 e. The first-order chi connectivity index (χ1) is 9.90. The van der Waals surface area contributed by atoms with E-state index >= 15 is 0 Å². The highest BCUT2D eigenvalue weighted by molar-refractivity contribution is 7.98. The van der Waals surface area contributed by atoms with Crippen molar-refractivity contribution >= 4 is 17.4 Å². The highest BCUT2D eigenvalue weighted by Gasteiger charge is 2.25. The maximum absolute atomic E-state index is 3.52. The first-order valence-corrected chi connectivity index (χ1v) is 8.28.